The number of hydrogen-bond acceptors (Lipinski definition) is 5. The monoisotopic (exact) mass is 469 g/mol. The van der Waals surface area contributed by atoms with E-state index in [-0.39, 0.29) is 23.1 Å². The smallest absolute Gasteiger partial charge is 0.267 e. The van der Waals surface area contributed by atoms with Crippen molar-refractivity contribution in [1.82, 2.24) is 19.2 Å². The molecule has 0 unspecified atom stereocenters. The van der Waals surface area contributed by atoms with Gasteiger partial charge >= 0.3 is 0 Å². The quantitative estimate of drug-likeness (QED) is 0.358. The van der Waals surface area contributed by atoms with Crippen LogP contribution in [-0.4, -0.2) is 30.8 Å². The summed E-state index contributed by atoms with van der Waals surface area (Å²) in [5.41, 5.74) is 3.12. The second-order valence-electron chi connectivity index (χ2n) is 8.19. The molecule has 7 nitrogen and oxygen atoms in total. The van der Waals surface area contributed by atoms with Gasteiger partial charge in [-0.15, -0.1) is 10.2 Å². The standard InChI is InChI=1S/C26H23N5O2S/c1-17(2)19-12-6-8-14-21(19)30-24(33)20-13-7-9-15-22(20)31-25(30)28-29-26(31)34-16-23(32)27-18-10-4-3-5-11-18/h3-15,17H,16H2,1-2H3,(H,27,32). The first-order valence-corrected chi connectivity index (χ1v) is 12.0. The third-order valence-corrected chi connectivity index (χ3v) is 6.51. The summed E-state index contributed by atoms with van der Waals surface area (Å²) in [7, 11) is 0. The molecule has 170 valence electrons. The normalized spacial score (nSPS) is 11.4. The molecule has 0 bridgehead atoms. The number of thioether (sulfide) groups is 1. The zero-order valence-corrected chi connectivity index (χ0v) is 19.6. The molecule has 2 aromatic heterocycles. The van der Waals surface area contributed by atoms with Gasteiger partial charge in [0.15, 0.2) is 5.16 Å². The Labute approximate surface area is 200 Å². The third-order valence-electron chi connectivity index (χ3n) is 5.58. The van der Waals surface area contributed by atoms with E-state index < -0.39 is 0 Å². The highest BCUT2D eigenvalue weighted by molar-refractivity contribution is 7.99. The van der Waals surface area contributed by atoms with Crippen molar-refractivity contribution < 1.29 is 4.79 Å². The lowest BCUT2D eigenvalue weighted by atomic mass is 10.0. The Kier molecular flexibility index (Phi) is 5.90. The molecule has 0 atom stereocenters. The molecule has 0 saturated heterocycles. The maximum atomic E-state index is 13.6. The Hall–Kier alpha value is -3.91. The second kappa shape index (κ2) is 9.15. The Morgan fingerprint density at radius 3 is 2.44 bits per heavy atom. The van der Waals surface area contributed by atoms with Crippen molar-refractivity contribution in [1.29, 1.82) is 0 Å². The van der Waals surface area contributed by atoms with E-state index in [9.17, 15) is 9.59 Å². The van der Waals surface area contributed by atoms with Crippen LogP contribution in [0.15, 0.2) is 88.8 Å². The number of amides is 1. The summed E-state index contributed by atoms with van der Waals surface area (Å²) in [6.07, 6.45) is 0. The summed E-state index contributed by atoms with van der Waals surface area (Å²) in [4.78, 5) is 26.1. The van der Waals surface area contributed by atoms with Crippen molar-refractivity contribution in [2.24, 2.45) is 0 Å². The fourth-order valence-corrected chi connectivity index (χ4v) is 4.76. The van der Waals surface area contributed by atoms with Gasteiger partial charge in [-0.2, -0.15) is 0 Å². The highest BCUT2D eigenvalue weighted by Crippen LogP contribution is 2.27. The summed E-state index contributed by atoms with van der Waals surface area (Å²) >= 11 is 1.28. The molecule has 0 spiro atoms. The highest BCUT2D eigenvalue weighted by atomic mass is 32.2. The van der Waals surface area contributed by atoms with Gasteiger partial charge in [0, 0.05) is 5.69 Å². The van der Waals surface area contributed by atoms with E-state index in [0.29, 0.717) is 21.8 Å². The first kappa shape index (κ1) is 21.9. The van der Waals surface area contributed by atoms with Gasteiger partial charge in [0.25, 0.3) is 5.56 Å². The van der Waals surface area contributed by atoms with Crippen LogP contribution in [0.25, 0.3) is 22.4 Å². The van der Waals surface area contributed by atoms with Crippen LogP contribution in [0.4, 0.5) is 5.69 Å². The van der Waals surface area contributed by atoms with Crippen LogP contribution in [-0.2, 0) is 4.79 Å². The lowest BCUT2D eigenvalue weighted by Gasteiger charge is -2.16. The lowest BCUT2D eigenvalue weighted by molar-refractivity contribution is -0.113. The van der Waals surface area contributed by atoms with Crippen molar-refractivity contribution in [2.75, 3.05) is 11.1 Å². The van der Waals surface area contributed by atoms with E-state index >= 15 is 0 Å². The van der Waals surface area contributed by atoms with Gasteiger partial charge in [-0.1, -0.05) is 74.1 Å². The first-order valence-electron chi connectivity index (χ1n) is 11.0. The Bertz CT molecular complexity index is 1560. The average molecular weight is 470 g/mol. The molecule has 5 aromatic rings. The first-order chi connectivity index (χ1) is 16.5. The molecular formula is C26H23N5O2S. The van der Waals surface area contributed by atoms with Crippen LogP contribution >= 0.6 is 11.8 Å². The van der Waals surface area contributed by atoms with Crippen LogP contribution in [0, 0.1) is 0 Å². The molecular weight excluding hydrogens is 446 g/mol. The maximum Gasteiger partial charge on any atom is 0.267 e. The van der Waals surface area contributed by atoms with E-state index in [0.717, 1.165) is 16.9 Å². The molecule has 3 aromatic carbocycles. The molecule has 1 N–H and O–H groups in total. The van der Waals surface area contributed by atoms with Crippen LogP contribution < -0.4 is 10.9 Å². The summed E-state index contributed by atoms with van der Waals surface area (Å²) in [6, 6.07) is 24.6. The highest BCUT2D eigenvalue weighted by Gasteiger charge is 2.20. The predicted octanol–water partition coefficient (Wildman–Crippen LogP) is 4.89. The molecule has 8 heteroatoms. The topological polar surface area (TPSA) is 81.3 Å². The summed E-state index contributed by atoms with van der Waals surface area (Å²) in [6.45, 7) is 4.19. The average Bonchev–Trinajstić information content (AvgIpc) is 3.27. The van der Waals surface area contributed by atoms with Gasteiger partial charge < -0.3 is 5.32 Å². The van der Waals surface area contributed by atoms with E-state index in [1.807, 2.05) is 83.3 Å². The third kappa shape index (κ3) is 3.97. The molecule has 0 aliphatic heterocycles. The number of carbonyl (C=O) groups is 1. The zero-order valence-electron chi connectivity index (χ0n) is 18.8. The van der Waals surface area contributed by atoms with Gasteiger partial charge in [0.2, 0.25) is 11.7 Å². The SMILES string of the molecule is CC(C)c1ccccc1-n1c(=O)c2ccccc2n2c(SCC(=O)Nc3ccccc3)nnc12. The summed E-state index contributed by atoms with van der Waals surface area (Å²) in [5.74, 6) is 0.651. The number of benzene rings is 3. The molecule has 0 aliphatic rings. The predicted molar refractivity (Wildman–Crippen MR) is 136 cm³/mol. The van der Waals surface area contributed by atoms with Crippen molar-refractivity contribution in [3.05, 3.63) is 94.8 Å². The zero-order chi connectivity index (χ0) is 23.7. The number of para-hydroxylation sites is 3. The van der Waals surface area contributed by atoms with Crippen molar-refractivity contribution in [2.45, 2.75) is 24.9 Å². The molecule has 1 amide bonds. The number of anilines is 1. The van der Waals surface area contributed by atoms with Crippen molar-refractivity contribution >= 4 is 40.0 Å². The Morgan fingerprint density at radius 2 is 1.65 bits per heavy atom. The Balaban J connectivity index is 1.61. The van der Waals surface area contributed by atoms with Crippen molar-refractivity contribution in [3.63, 3.8) is 0 Å². The van der Waals surface area contributed by atoms with Crippen LogP contribution in [0.1, 0.15) is 25.3 Å². The number of carbonyl (C=O) groups excluding carboxylic acids is 1. The molecule has 0 aliphatic carbocycles. The van der Waals surface area contributed by atoms with E-state index in [1.54, 1.807) is 4.57 Å². The van der Waals surface area contributed by atoms with Gasteiger partial charge in [-0.25, -0.2) is 4.57 Å². The number of fused-ring (bicyclic) bond motifs is 3. The minimum absolute atomic E-state index is 0.143. The van der Waals surface area contributed by atoms with Gasteiger partial charge in [-0.3, -0.25) is 14.0 Å². The molecule has 2 heterocycles. The summed E-state index contributed by atoms with van der Waals surface area (Å²) in [5, 5.41) is 12.7. The van der Waals surface area contributed by atoms with Gasteiger partial charge in [0.05, 0.1) is 22.3 Å². The van der Waals surface area contributed by atoms with E-state index in [1.165, 1.54) is 11.8 Å². The van der Waals surface area contributed by atoms with E-state index in [2.05, 4.69) is 29.4 Å². The molecule has 0 radical (unpaired) electrons. The van der Waals surface area contributed by atoms with Gasteiger partial charge in [0.1, 0.15) is 0 Å². The largest absolute Gasteiger partial charge is 0.325 e. The lowest BCUT2D eigenvalue weighted by Crippen LogP contribution is -2.23. The van der Waals surface area contributed by atoms with Gasteiger partial charge in [-0.05, 0) is 41.8 Å². The van der Waals surface area contributed by atoms with E-state index in [4.69, 9.17) is 0 Å². The summed E-state index contributed by atoms with van der Waals surface area (Å²) < 4.78 is 3.48. The fourth-order valence-electron chi connectivity index (χ4n) is 4.02. The second-order valence-corrected chi connectivity index (χ2v) is 9.13. The minimum Gasteiger partial charge on any atom is -0.325 e. The molecule has 5 rings (SSSR count). The fraction of sp³-hybridized carbons (Fsp3) is 0.154. The molecule has 34 heavy (non-hydrogen) atoms. The minimum atomic E-state index is -0.151. The maximum absolute atomic E-state index is 13.6. The number of nitrogens with zero attached hydrogens (tertiary/aromatic N) is 4. The number of rotatable bonds is 6. The number of hydrogen-bond donors (Lipinski definition) is 1. The Morgan fingerprint density at radius 1 is 0.941 bits per heavy atom. The number of aromatic nitrogens is 4. The molecule has 0 fully saturated rings. The molecule has 0 saturated carbocycles. The van der Waals surface area contributed by atoms with Crippen LogP contribution in [0.3, 0.4) is 0 Å². The van der Waals surface area contributed by atoms with Crippen LogP contribution in [0.5, 0.6) is 0 Å². The van der Waals surface area contributed by atoms with Crippen molar-refractivity contribution in [3.8, 4) is 5.69 Å². The van der Waals surface area contributed by atoms with Crippen LogP contribution in [0.2, 0.25) is 0 Å². The number of nitrogens with one attached hydrogen (secondary N) is 1.